The summed E-state index contributed by atoms with van der Waals surface area (Å²) in [4.78, 5) is 14.1. The molecule has 0 aliphatic carbocycles. The minimum atomic E-state index is -4.21. The van der Waals surface area contributed by atoms with Crippen LogP contribution in [0.5, 0.6) is 11.5 Å². The van der Waals surface area contributed by atoms with Crippen LogP contribution >= 0.6 is 34.8 Å². The van der Waals surface area contributed by atoms with Crippen LogP contribution in [0.4, 0.5) is 5.69 Å². The average molecular weight is 486 g/mol. The Morgan fingerprint density at radius 3 is 2.17 bits per heavy atom. The number of nitrogens with zero attached hydrogens (tertiary/aromatic N) is 3. The largest absolute Gasteiger partial charge is 0.453 e. The molecule has 0 amide bonds. The van der Waals surface area contributed by atoms with E-state index in [1.54, 1.807) is 0 Å². The van der Waals surface area contributed by atoms with Crippen LogP contribution < -0.4 is 10.5 Å². The van der Waals surface area contributed by atoms with Gasteiger partial charge in [-0.1, -0.05) is 34.8 Å². The lowest BCUT2D eigenvalue weighted by molar-refractivity contribution is 0.483. The van der Waals surface area contributed by atoms with Gasteiger partial charge in [0, 0.05) is 18.0 Å². The van der Waals surface area contributed by atoms with E-state index in [-0.39, 0.29) is 43.0 Å². The molecule has 3 rings (SSSR count). The zero-order valence-electron chi connectivity index (χ0n) is 14.8. The summed E-state index contributed by atoms with van der Waals surface area (Å²) < 4.78 is 34.4. The molecule has 1 heterocycles. The van der Waals surface area contributed by atoms with Crippen molar-refractivity contribution in [1.82, 2.24) is 4.98 Å². The van der Waals surface area contributed by atoms with Gasteiger partial charge in [-0.25, -0.2) is 0 Å². The molecule has 2 N–H and O–H groups in total. The molecule has 0 atom stereocenters. The number of rotatable bonds is 6. The van der Waals surface area contributed by atoms with Crippen molar-refractivity contribution in [2.24, 2.45) is 15.3 Å². The normalized spacial score (nSPS) is 11.9. The third-order valence-corrected chi connectivity index (χ3v) is 5.82. The van der Waals surface area contributed by atoms with E-state index in [2.05, 4.69) is 14.6 Å². The van der Waals surface area contributed by atoms with E-state index in [4.69, 9.17) is 45.3 Å². The molecule has 8 nitrogen and oxygen atoms in total. The predicted molar refractivity (Wildman–Crippen MR) is 116 cm³/mol. The molecule has 2 aromatic carbocycles. The Labute approximate surface area is 186 Å². The quantitative estimate of drug-likeness (QED) is 0.286. The first kappa shape index (κ1) is 22.0. The van der Waals surface area contributed by atoms with Crippen LogP contribution in [-0.4, -0.2) is 19.2 Å². The molecule has 0 aliphatic heterocycles. The Morgan fingerprint density at radius 1 is 0.967 bits per heavy atom. The Hall–Kier alpha value is -2.72. The summed E-state index contributed by atoms with van der Waals surface area (Å²) in [7, 11) is -4.21. The molecule has 0 unspecified atom stereocenters. The van der Waals surface area contributed by atoms with Crippen LogP contribution in [0.25, 0.3) is 0 Å². The van der Waals surface area contributed by atoms with E-state index < -0.39 is 10.0 Å². The van der Waals surface area contributed by atoms with E-state index in [1.165, 1.54) is 42.7 Å². The first-order chi connectivity index (χ1) is 14.2. The molecule has 0 radical (unpaired) electrons. The summed E-state index contributed by atoms with van der Waals surface area (Å²) in [5, 5.41) is 2.64. The second-order valence-corrected chi connectivity index (χ2v) is 8.54. The zero-order valence-corrected chi connectivity index (χ0v) is 17.9. The topological polar surface area (TPSA) is 124 Å². The smallest absolute Gasteiger partial charge is 0.284 e. The number of pyridine rings is 1. The van der Waals surface area contributed by atoms with Crippen LogP contribution in [0.3, 0.4) is 0 Å². The molecule has 0 aliphatic rings. The van der Waals surface area contributed by atoms with Gasteiger partial charge in [0.1, 0.15) is 17.3 Å². The maximum Gasteiger partial charge on any atom is 0.284 e. The predicted octanol–water partition coefficient (Wildman–Crippen LogP) is 5.33. The number of hydrogen-bond acceptors (Lipinski definition) is 6. The number of halogens is 3. The van der Waals surface area contributed by atoms with Gasteiger partial charge < -0.3 is 10.5 Å². The third-order valence-electron chi connectivity index (χ3n) is 3.70. The van der Waals surface area contributed by atoms with Crippen LogP contribution in [0.1, 0.15) is 5.56 Å². The lowest BCUT2D eigenvalue weighted by Crippen LogP contribution is -2.16. The van der Waals surface area contributed by atoms with Crippen LogP contribution in [0.2, 0.25) is 15.1 Å². The second-order valence-electron chi connectivity index (χ2n) is 5.71. The van der Waals surface area contributed by atoms with Gasteiger partial charge in [0.05, 0.1) is 20.0 Å². The Bertz CT molecular complexity index is 1230. The monoisotopic (exact) mass is 484 g/mol. The second kappa shape index (κ2) is 8.97. The first-order valence-corrected chi connectivity index (χ1v) is 10.6. The van der Waals surface area contributed by atoms with Crippen molar-refractivity contribution in [2.45, 2.75) is 4.90 Å². The molecular formula is C18H11Cl3N4O4S. The van der Waals surface area contributed by atoms with Crippen LogP contribution in [0, 0.1) is 4.91 Å². The molecule has 0 spiro atoms. The third kappa shape index (κ3) is 4.88. The Morgan fingerprint density at radius 2 is 1.60 bits per heavy atom. The standard InChI is InChI=1S/C18H11Cl3N4O4S/c19-13-7-11(24-26)1-2-16(13)29-17-14(20)8-12(9-15(17)21)30(27,28)25-18(22)10-3-5-23-6-4-10/h1-9H,(H2,22,25). The van der Waals surface area contributed by atoms with Gasteiger partial charge in [-0.15, -0.1) is 9.30 Å². The number of benzene rings is 2. The highest BCUT2D eigenvalue weighted by molar-refractivity contribution is 7.90. The van der Waals surface area contributed by atoms with Crippen molar-refractivity contribution in [1.29, 1.82) is 0 Å². The summed E-state index contributed by atoms with van der Waals surface area (Å²) in [6.07, 6.45) is 2.90. The highest BCUT2D eigenvalue weighted by Crippen LogP contribution is 2.41. The van der Waals surface area contributed by atoms with Crippen molar-refractivity contribution >= 4 is 56.3 Å². The number of nitrogens with two attached hydrogens (primary N) is 1. The van der Waals surface area contributed by atoms with Gasteiger partial charge in [-0.3, -0.25) is 4.98 Å². The van der Waals surface area contributed by atoms with E-state index in [9.17, 15) is 13.3 Å². The van der Waals surface area contributed by atoms with Crippen molar-refractivity contribution in [2.75, 3.05) is 0 Å². The molecule has 1 aromatic heterocycles. The fourth-order valence-electron chi connectivity index (χ4n) is 2.28. The highest BCUT2D eigenvalue weighted by atomic mass is 35.5. The molecule has 30 heavy (non-hydrogen) atoms. The van der Waals surface area contributed by atoms with Gasteiger partial charge in [0.25, 0.3) is 10.0 Å². The fraction of sp³-hybridized carbons (Fsp3) is 0. The van der Waals surface area contributed by atoms with E-state index in [0.717, 1.165) is 12.1 Å². The SMILES string of the molecule is N/C(=N\S(=O)(=O)c1cc(Cl)c(Oc2ccc(N=O)cc2Cl)c(Cl)c1)c1ccncc1. The average Bonchev–Trinajstić information content (AvgIpc) is 2.71. The zero-order chi connectivity index (χ0) is 21.9. The highest BCUT2D eigenvalue weighted by Gasteiger charge is 2.20. The summed E-state index contributed by atoms with van der Waals surface area (Å²) in [6, 6.07) is 9.34. The number of ether oxygens (including phenoxy) is 1. The summed E-state index contributed by atoms with van der Waals surface area (Å²) in [5.74, 6) is -0.110. The lowest BCUT2D eigenvalue weighted by atomic mass is 10.2. The van der Waals surface area contributed by atoms with Gasteiger partial charge >= 0.3 is 0 Å². The minimum absolute atomic E-state index is 0.0305. The van der Waals surface area contributed by atoms with Gasteiger partial charge in [0.2, 0.25) is 0 Å². The van der Waals surface area contributed by atoms with Crippen molar-refractivity contribution in [3.8, 4) is 11.5 Å². The summed E-state index contributed by atoms with van der Waals surface area (Å²) in [6.45, 7) is 0. The Balaban J connectivity index is 1.95. The maximum atomic E-state index is 12.6. The van der Waals surface area contributed by atoms with Crippen molar-refractivity contribution in [3.63, 3.8) is 0 Å². The van der Waals surface area contributed by atoms with Gasteiger partial charge in [0.15, 0.2) is 5.75 Å². The minimum Gasteiger partial charge on any atom is -0.453 e. The van der Waals surface area contributed by atoms with E-state index in [0.29, 0.717) is 5.56 Å². The van der Waals surface area contributed by atoms with E-state index >= 15 is 0 Å². The fourth-order valence-corrected chi connectivity index (χ4v) is 4.19. The first-order valence-electron chi connectivity index (χ1n) is 8.02. The number of hydrogen-bond donors (Lipinski definition) is 1. The number of sulfonamides is 1. The number of nitroso groups, excluding NO2 is 1. The molecule has 0 bridgehead atoms. The Kier molecular flexibility index (Phi) is 6.57. The molecule has 12 heteroatoms. The molecule has 0 saturated carbocycles. The number of amidine groups is 1. The van der Waals surface area contributed by atoms with Gasteiger partial charge in [-0.05, 0) is 47.6 Å². The molecular weight excluding hydrogens is 475 g/mol. The van der Waals surface area contributed by atoms with Crippen molar-refractivity contribution < 1.29 is 13.2 Å². The molecule has 0 saturated heterocycles. The van der Waals surface area contributed by atoms with Crippen molar-refractivity contribution in [3.05, 3.63) is 80.4 Å². The molecule has 0 fully saturated rings. The summed E-state index contributed by atoms with van der Waals surface area (Å²) >= 11 is 18.4. The maximum absolute atomic E-state index is 12.6. The molecule has 3 aromatic rings. The van der Waals surface area contributed by atoms with Crippen LogP contribution in [0.15, 0.2) is 69.3 Å². The van der Waals surface area contributed by atoms with Gasteiger partial charge in [-0.2, -0.15) is 8.42 Å². The molecule has 154 valence electrons. The summed E-state index contributed by atoms with van der Waals surface area (Å²) in [5.41, 5.74) is 6.26. The van der Waals surface area contributed by atoms with E-state index in [1.807, 2.05) is 0 Å². The van der Waals surface area contributed by atoms with Crippen LogP contribution in [-0.2, 0) is 10.0 Å². The number of aromatic nitrogens is 1. The lowest BCUT2D eigenvalue weighted by Gasteiger charge is -2.12.